The zero-order valence-electron chi connectivity index (χ0n) is 18.8. The van der Waals surface area contributed by atoms with E-state index in [1.54, 1.807) is 0 Å². The summed E-state index contributed by atoms with van der Waals surface area (Å²) in [6.45, 7) is 12.2. The van der Waals surface area contributed by atoms with Crippen LogP contribution in [0.25, 0.3) is 0 Å². The van der Waals surface area contributed by atoms with E-state index < -0.39 is 0 Å². The highest BCUT2D eigenvalue weighted by Gasteiger charge is 2.14. The molecule has 0 radical (unpaired) electrons. The molecular weight excluding hydrogens is 340 g/mol. The molecule has 1 heteroatoms. The third kappa shape index (κ3) is 7.34. The lowest BCUT2D eigenvalue weighted by Crippen LogP contribution is -2.11. The Morgan fingerprint density at radius 3 is 1.75 bits per heavy atom. The maximum Gasteiger partial charge on any atom is 0.119 e. The van der Waals surface area contributed by atoms with E-state index in [9.17, 15) is 0 Å². The summed E-state index contributed by atoms with van der Waals surface area (Å²) in [5.41, 5.74) is 4.30. The second-order valence-electron chi connectivity index (χ2n) is 9.13. The molecule has 0 fully saturated rings. The Hall–Kier alpha value is -1.76. The maximum absolute atomic E-state index is 5.93. The molecule has 0 aromatic heterocycles. The van der Waals surface area contributed by atoms with Crippen LogP contribution in [-0.2, 0) is 5.41 Å². The van der Waals surface area contributed by atoms with Crippen LogP contribution in [0.15, 0.2) is 48.5 Å². The molecule has 1 nitrogen and oxygen atoms in total. The van der Waals surface area contributed by atoms with Crippen molar-refractivity contribution in [2.24, 2.45) is 0 Å². The molecule has 2 aromatic rings. The van der Waals surface area contributed by atoms with Gasteiger partial charge in [-0.2, -0.15) is 0 Å². The Bertz CT molecular complexity index is 661. The van der Waals surface area contributed by atoms with Gasteiger partial charge in [0.05, 0.1) is 6.61 Å². The Morgan fingerprint density at radius 1 is 0.714 bits per heavy atom. The first-order chi connectivity index (χ1) is 13.4. The first-order valence-electron chi connectivity index (χ1n) is 11.2. The summed E-state index contributed by atoms with van der Waals surface area (Å²) in [4.78, 5) is 0. The minimum Gasteiger partial charge on any atom is -0.494 e. The van der Waals surface area contributed by atoms with E-state index in [1.165, 1.54) is 55.2 Å². The van der Waals surface area contributed by atoms with Gasteiger partial charge in [-0.1, -0.05) is 110 Å². The fourth-order valence-corrected chi connectivity index (χ4v) is 3.57. The number of unbranched alkanes of at least 4 members (excludes halogenated alkanes) is 6. The van der Waals surface area contributed by atoms with Crippen molar-refractivity contribution in [1.29, 1.82) is 0 Å². The summed E-state index contributed by atoms with van der Waals surface area (Å²) >= 11 is 0. The molecule has 2 rings (SSSR count). The van der Waals surface area contributed by atoms with Crippen LogP contribution in [0.2, 0.25) is 0 Å². The number of hydrogen-bond acceptors (Lipinski definition) is 1. The van der Waals surface area contributed by atoms with E-state index in [0.29, 0.717) is 5.92 Å². The third-order valence-corrected chi connectivity index (χ3v) is 5.67. The number of benzene rings is 2. The van der Waals surface area contributed by atoms with Gasteiger partial charge in [0.15, 0.2) is 0 Å². The summed E-state index contributed by atoms with van der Waals surface area (Å²) in [5, 5.41) is 0. The first kappa shape index (κ1) is 22.5. The summed E-state index contributed by atoms with van der Waals surface area (Å²) in [6, 6.07) is 17.8. The average molecular weight is 381 g/mol. The molecule has 0 aliphatic carbocycles. The van der Waals surface area contributed by atoms with Crippen LogP contribution >= 0.6 is 0 Å². The van der Waals surface area contributed by atoms with Crippen molar-refractivity contribution < 1.29 is 4.74 Å². The minimum atomic E-state index is 0.205. The highest BCUT2D eigenvalue weighted by atomic mass is 16.5. The zero-order valence-corrected chi connectivity index (χ0v) is 18.8. The van der Waals surface area contributed by atoms with Crippen LogP contribution in [0.1, 0.15) is 102 Å². The summed E-state index contributed by atoms with van der Waals surface area (Å²) < 4.78 is 5.93. The number of ether oxygens (including phenoxy) is 1. The van der Waals surface area contributed by atoms with E-state index in [4.69, 9.17) is 4.74 Å². The van der Waals surface area contributed by atoms with Gasteiger partial charge in [-0.15, -0.1) is 0 Å². The molecule has 1 unspecified atom stereocenters. The minimum absolute atomic E-state index is 0.205. The molecule has 2 aromatic carbocycles. The highest BCUT2D eigenvalue weighted by Crippen LogP contribution is 2.28. The molecule has 154 valence electrons. The van der Waals surface area contributed by atoms with Crippen molar-refractivity contribution in [3.05, 3.63) is 65.2 Å². The van der Waals surface area contributed by atoms with Gasteiger partial charge < -0.3 is 4.74 Å². The van der Waals surface area contributed by atoms with Crippen LogP contribution < -0.4 is 4.74 Å². The van der Waals surface area contributed by atoms with E-state index in [1.807, 2.05) is 0 Å². The van der Waals surface area contributed by atoms with Crippen molar-refractivity contribution in [3.63, 3.8) is 0 Å². The van der Waals surface area contributed by atoms with E-state index in [0.717, 1.165) is 18.8 Å². The van der Waals surface area contributed by atoms with Gasteiger partial charge in [-0.3, -0.25) is 0 Å². The lowest BCUT2D eigenvalue weighted by molar-refractivity contribution is 0.304. The second kappa shape index (κ2) is 11.3. The van der Waals surface area contributed by atoms with E-state index in [2.05, 4.69) is 83.1 Å². The lowest BCUT2D eigenvalue weighted by atomic mass is 9.85. The number of rotatable bonds is 11. The van der Waals surface area contributed by atoms with E-state index >= 15 is 0 Å². The molecule has 28 heavy (non-hydrogen) atoms. The van der Waals surface area contributed by atoms with Crippen molar-refractivity contribution in [2.75, 3.05) is 6.61 Å². The Balaban J connectivity index is 1.78. The zero-order chi connectivity index (χ0) is 20.4. The fourth-order valence-electron chi connectivity index (χ4n) is 3.57. The molecule has 0 bridgehead atoms. The van der Waals surface area contributed by atoms with Crippen molar-refractivity contribution in [1.82, 2.24) is 0 Å². The van der Waals surface area contributed by atoms with Gasteiger partial charge >= 0.3 is 0 Å². The standard InChI is InChI=1S/C27H40O/c1-6-7-8-9-10-11-12-21-28-26-19-15-24(16-20-26)22(2)23-13-17-25(18-14-23)27(3,4)5/h13-20,22H,6-12,21H2,1-5H3. The molecule has 0 amide bonds. The Kier molecular flexibility index (Phi) is 9.09. The van der Waals surface area contributed by atoms with Gasteiger partial charge in [0.2, 0.25) is 0 Å². The predicted molar refractivity (Wildman–Crippen MR) is 123 cm³/mol. The van der Waals surface area contributed by atoms with Crippen molar-refractivity contribution >= 4 is 0 Å². The predicted octanol–water partition coefficient (Wildman–Crippen LogP) is 8.27. The molecule has 1 atom stereocenters. The van der Waals surface area contributed by atoms with Gasteiger partial charge in [0, 0.05) is 5.92 Å². The van der Waals surface area contributed by atoms with Crippen molar-refractivity contribution in [3.8, 4) is 5.75 Å². The third-order valence-electron chi connectivity index (χ3n) is 5.67. The largest absolute Gasteiger partial charge is 0.494 e. The quantitative estimate of drug-likeness (QED) is 0.356. The SMILES string of the molecule is CCCCCCCCCOc1ccc(C(C)c2ccc(C(C)(C)C)cc2)cc1. The maximum atomic E-state index is 5.93. The summed E-state index contributed by atoms with van der Waals surface area (Å²) in [7, 11) is 0. The molecular formula is C27H40O. The van der Waals surface area contributed by atoms with Gasteiger partial charge in [-0.25, -0.2) is 0 Å². The van der Waals surface area contributed by atoms with Gasteiger partial charge in [0.25, 0.3) is 0 Å². The number of hydrogen-bond donors (Lipinski definition) is 0. The topological polar surface area (TPSA) is 9.23 Å². The molecule has 0 aliphatic rings. The summed E-state index contributed by atoms with van der Waals surface area (Å²) in [6.07, 6.45) is 9.23. The van der Waals surface area contributed by atoms with Crippen LogP contribution in [-0.4, -0.2) is 6.61 Å². The van der Waals surface area contributed by atoms with Gasteiger partial charge in [-0.05, 0) is 40.7 Å². The summed E-state index contributed by atoms with van der Waals surface area (Å²) in [5.74, 6) is 1.39. The average Bonchev–Trinajstić information content (AvgIpc) is 2.69. The lowest BCUT2D eigenvalue weighted by Gasteiger charge is -2.20. The molecule has 0 saturated heterocycles. The normalized spacial score (nSPS) is 12.8. The van der Waals surface area contributed by atoms with Crippen molar-refractivity contribution in [2.45, 2.75) is 90.9 Å². The van der Waals surface area contributed by atoms with Crippen LogP contribution in [0.3, 0.4) is 0 Å². The monoisotopic (exact) mass is 380 g/mol. The fraction of sp³-hybridized carbons (Fsp3) is 0.556. The second-order valence-corrected chi connectivity index (χ2v) is 9.13. The molecule has 0 N–H and O–H groups in total. The highest BCUT2D eigenvalue weighted by molar-refractivity contribution is 5.37. The Labute approximate surface area is 173 Å². The van der Waals surface area contributed by atoms with Gasteiger partial charge in [0.1, 0.15) is 5.75 Å². The Morgan fingerprint density at radius 2 is 1.21 bits per heavy atom. The molecule has 0 spiro atoms. The van der Waals surface area contributed by atoms with Crippen LogP contribution in [0.5, 0.6) is 5.75 Å². The first-order valence-corrected chi connectivity index (χ1v) is 11.2. The van der Waals surface area contributed by atoms with E-state index in [-0.39, 0.29) is 5.41 Å². The molecule has 0 heterocycles. The molecule has 0 saturated carbocycles. The van der Waals surface area contributed by atoms with Crippen LogP contribution in [0, 0.1) is 0 Å². The van der Waals surface area contributed by atoms with Crippen LogP contribution in [0.4, 0.5) is 0 Å². The smallest absolute Gasteiger partial charge is 0.119 e. The molecule has 0 aliphatic heterocycles.